The number of rotatable bonds is 4. The molecule has 22 heavy (non-hydrogen) atoms. The minimum absolute atomic E-state index is 0.0639. The van der Waals surface area contributed by atoms with Gasteiger partial charge in [-0.25, -0.2) is 4.79 Å². The van der Waals surface area contributed by atoms with Gasteiger partial charge in [0.05, 0.1) is 0 Å². The van der Waals surface area contributed by atoms with Crippen LogP contribution in [0.1, 0.15) is 15.9 Å². The zero-order valence-electron chi connectivity index (χ0n) is 12.0. The second-order valence-corrected chi connectivity index (χ2v) is 4.99. The normalized spacial score (nSPS) is 10.6. The first kappa shape index (κ1) is 14.1. The number of benzene rings is 2. The molecule has 0 atom stereocenters. The number of carbonyl (C=O) groups is 1. The van der Waals surface area contributed by atoms with Crippen LogP contribution in [0.3, 0.4) is 0 Å². The summed E-state index contributed by atoms with van der Waals surface area (Å²) in [4.78, 5) is 23.5. The van der Waals surface area contributed by atoms with Gasteiger partial charge in [0.15, 0.2) is 12.4 Å². The van der Waals surface area contributed by atoms with Gasteiger partial charge >= 0.3 is 5.63 Å². The Morgan fingerprint density at radius 1 is 1.09 bits per heavy atom. The van der Waals surface area contributed by atoms with Crippen molar-refractivity contribution < 1.29 is 13.9 Å². The molecule has 3 aromatic rings. The van der Waals surface area contributed by atoms with Crippen molar-refractivity contribution in [2.75, 3.05) is 6.61 Å². The minimum atomic E-state index is -0.370. The zero-order valence-corrected chi connectivity index (χ0v) is 12.0. The number of hydrogen-bond donors (Lipinski definition) is 0. The van der Waals surface area contributed by atoms with Gasteiger partial charge in [0, 0.05) is 22.6 Å². The van der Waals surface area contributed by atoms with Crippen LogP contribution in [0.15, 0.2) is 63.8 Å². The van der Waals surface area contributed by atoms with Gasteiger partial charge in [-0.3, -0.25) is 4.79 Å². The first-order chi connectivity index (χ1) is 10.6. The lowest BCUT2D eigenvalue weighted by atomic mass is 10.1. The molecule has 0 fully saturated rings. The van der Waals surface area contributed by atoms with E-state index < -0.39 is 0 Å². The van der Waals surface area contributed by atoms with E-state index in [2.05, 4.69) is 0 Å². The van der Waals surface area contributed by atoms with Gasteiger partial charge in [-0.05, 0) is 25.1 Å². The summed E-state index contributed by atoms with van der Waals surface area (Å²) in [6.45, 7) is 1.64. The minimum Gasteiger partial charge on any atom is -0.485 e. The van der Waals surface area contributed by atoms with Crippen LogP contribution in [-0.2, 0) is 0 Å². The molecule has 0 bridgehead atoms. The van der Waals surface area contributed by atoms with Crippen molar-refractivity contribution in [3.63, 3.8) is 0 Å². The van der Waals surface area contributed by atoms with Crippen LogP contribution < -0.4 is 10.4 Å². The Kier molecular flexibility index (Phi) is 3.74. The Hall–Kier alpha value is -2.88. The fourth-order valence-corrected chi connectivity index (χ4v) is 2.14. The molecule has 0 aliphatic carbocycles. The van der Waals surface area contributed by atoms with E-state index in [4.69, 9.17) is 9.15 Å². The number of fused-ring (bicyclic) bond motifs is 1. The van der Waals surface area contributed by atoms with Crippen LogP contribution in [0.25, 0.3) is 11.0 Å². The molecule has 4 heteroatoms. The van der Waals surface area contributed by atoms with Crippen molar-refractivity contribution in [3.05, 3.63) is 76.1 Å². The molecular weight excluding hydrogens is 280 g/mol. The van der Waals surface area contributed by atoms with Crippen molar-refractivity contribution in [1.29, 1.82) is 0 Å². The van der Waals surface area contributed by atoms with E-state index in [-0.39, 0.29) is 18.0 Å². The van der Waals surface area contributed by atoms with E-state index >= 15 is 0 Å². The number of ketones is 1. The molecule has 0 aliphatic heterocycles. The molecule has 3 rings (SSSR count). The van der Waals surface area contributed by atoms with E-state index in [9.17, 15) is 9.59 Å². The van der Waals surface area contributed by atoms with Gasteiger partial charge in [-0.2, -0.15) is 0 Å². The molecule has 1 heterocycles. The first-order valence-corrected chi connectivity index (χ1v) is 6.89. The van der Waals surface area contributed by atoms with Crippen molar-refractivity contribution in [1.82, 2.24) is 0 Å². The molecule has 0 spiro atoms. The summed E-state index contributed by atoms with van der Waals surface area (Å²) < 4.78 is 10.7. The van der Waals surface area contributed by atoms with Crippen molar-refractivity contribution in [3.8, 4) is 5.75 Å². The van der Waals surface area contributed by atoms with E-state index in [1.165, 1.54) is 0 Å². The van der Waals surface area contributed by atoms with Crippen molar-refractivity contribution >= 4 is 16.8 Å². The average Bonchev–Trinajstić information content (AvgIpc) is 2.54. The van der Waals surface area contributed by atoms with Gasteiger partial charge in [0.25, 0.3) is 0 Å². The average molecular weight is 294 g/mol. The molecule has 0 radical (unpaired) electrons. The van der Waals surface area contributed by atoms with Crippen LogP contribution in [0.4, 0.5) is 0 Å². The van der Waals surface area contributed by atoms with Crippen molar-refractivity contribution in [2.24, 2.45) is 0 Å². The zero-order chi connectivity index (χ0) is 15.5. The molecule has 0 unspecified atom stereocenters. The third-order valence-corrected chi connectivity index (χ3v) is 3.35. The predicted octanol–water partition coefficient (Wildman–Crippen LogP) is 3.36. The highest BCUT2D eigenvalue weighted by Crippen LogP contribution is 2.20. The SMILES string of the molecule is Cc1cc2ccc(OCC(=O)c3ccccc3)cc2oc1=O. The van der Waals surface area contributed by atoms with Gasteiger partial charge < -0.3 is 9.15 Å². The third-order valence-electron chi connectivity index (χ3n) is 3.35. The number of aryl methyl sites for hydroxylation is 1. The number of hydrogen-bond acceptors (Lipinski definition) is 4. The molecule has 0 N–H and O–H groups in total. The quantitative estimate of drug-likeness (QED) is 0.547. The maximum absolute atomic E-state index is 12.0. The molecule has 0 aliphatic rings. The van der Waals surface area contributed by atoms with Crippen LogP contribution in [0.2, 0.25) is 0 Å². The van der Waals surface area contributed by atoms with Gasteiger partial charge in [0.2, 0.25) is 0 Å². The van der Waals surface area contributed by atoms with Crippen molar-refractivity contribution in [2.45, 2.75) is 6.92 Å². The summed E-state index contributed by atoms with van der Waals surface area (Å²) in [5, 5.41) is 0.818. The van der Waals surface area contributed by atoms with Crippen LogP contribution in [-0.4, -0.2) is 12.4 Å². The Labute approximate surface area is 127 Å². The van der Waals surface area contributed by atoms with E-state index in [1.54, 1.807) is 55.5 Å². The highest BCUT2D eigenvalue weighted by atomic mass is 16.5. The third kappa shape index (κ3) is 2.91. The summed E-state index contributed by atoms with van der Waals surface area (Å²) >= 11 is 0. The molecule has 0 saturated carbocycles. The van der Waals surface area contributed by atoms with Crippen LogP contribution >= 0.6 is 0 Å². The maximum atomic E-state index is 12.0. The Morgan fingerprint density at radius 3 is 2.64 bits per heavy atom. The molecule has 2 aromatic carbocycles. The summed E-state index contributed by atoms with van der Waals surface area (Å²) in [6.07, 6.45) is 0. The Bertz CT molecular complexity index is 878. The lowest BCUT2D eigenvalue weighted by Crippen LogP contribution is -2.11. The van der Waals surface area contributed by atoms with Gasteiger partial charge in [-0.15, -0.1) is 0 Å². The number of Topliss-reactive ketones (excluding diaryl/α,β-unsaturated/α-hetero) is 1. The monoisotopic (exact) mass is 294 g/mol. The predicted molar refractivity (Wildman–Crippen MR) is 83.5 cm³/mol. The summed E-state index contributed by atoms with van der Waals surface area (Å²) in [5.41, 5.74) is 1.23. The molecule has 0 amide bonds. The largest absolute Gasteiger partial charge is 0.485 e. The lowest BCUT2D eigenvalue weighted by Gasteiger charge is -2.06. The van der Waals surface area contributed by atoms with Crippen LogP contribution in [0.5, 0.6) is 5.75 Å². The number of ether oxygens (including phenoxy) is 1. The second-order valence-electron chi connectivity index (χ2n) is 4.99. The van der Waals surface area contributed by atoms with E-state index in [0.29, 0.717) is 22.5 Å². The van der Waals surface area contributed by atoms with E-state index in [1.807, 2.05) is 6.07 Å². The highest BCUT2D eigenvalue weighted by Gasteiger charge is 2.07. The molecule has 110 valence electrons. The Balaban J connectivity index is 1.78. The summed E-state index contributed by atoms with van der Waals surface area (Å²) in [5.74, 6) is 0.384. The summed E-state index contributed by atoms with van der Waals surface area (Å²) in [7, 11) is 0. The fourth-order valence-electron chi connectivity index (χ4n) is 2.14. The standard InChI is InChI=1S/C18H14O4/c1-12-9-14-7-8-15(10-17(14)22-18(12)20)21-11-16(19)13-5-3-2-4-6-13/h2-10H,11H2,1H3. The lowest BCUT2D eigenvalue weighted by molar-refractivity contribution is 0.0921. The number of carbonyl (C=O) groups excluding carboxylic acids is 1. The topological polar surface area (TPSA) is 56.5 Å². The summed E-state index contributed by atoms with van der Waals surface area (Å²) in [6, 6.07) is 15.9. The maximum Gasteiger partial charge on any atom is 0.339 e. The molecule has 0 saturated heterocycles. The second kappa shape index (κ2) is 5.85. The van der Waals surface area contributed by atoms with Gasteiger partial charge in [0.1, 0.15) is 11.3 Å². The smallest absolute Gasteiger partial charge is 0.339 e. The van der Waals surface area contributed by atoms with Gasteiger partial charge in [-0.1, -0.05) is 30.3 Å². The molecular formula is C18H14O4. The Morgan fingerprint density at radius 2 is 1.86 bits per heavy atom. The molecule has 1 aromatic heterocycles. The highest BCUT2D eigenvalue weighted by molar-refractivity contribution is 5.97. The molecule has 4 nitrogen and oxygen atoms in total. The van der Waals surface area contributed by atoms with Crippen LogP contribution in [0, 0.1) is 6.92 Å². The van der Waals surface area contributed by atoms with E-state index in [0.717, 1.165) is 5.39 Å². The fraction of sp³-hybridized carbons (Fsp3) is 0.111. The first-order valence-electron chi connectivity index (χ1n) is 6.89.